The van der Waals surface area contributed by atoms with E-state index in [0.717, 1.165) is 0 Å². The number of hydrogen-bond acceptors (Lipinski definition) is 1. The van der Waals surface area contributed by atoms with Gasteiger partial charge in [-0.15, -0.1) is 0 Å². The number of aliphatic carboxylic acids is 1. The average molecular weight is 446 g/mol. The fourth-order valence-corrected chi connectivity index (χ4v) is 1.46. The van der Waals surface area contributed by atoms with Crippen molar-refractivity contribution in [2.45, 2.75) is 42.0 Å². The van der Waals surface area contributed by atoms with Crippen LogP contribution in [0.15, 0.2) is 0 Å². The Morgan fingerprint density at radius 1 is 0.556 bits per heavy atom. The van der Waals surface area contributed by atoms with Crippen LogP contribution < -0.4 is 0 Å². The summed E-state index contributed by atoms with van der Waals surface area (Å²) in [5.41, 5.74) is 0. The van der Waals surface area contributed by atoms with E-state index in [2.05, 4.69) is 0 Å². The van der Waals surface area contributed by atoms with E-state index < -0.39 is 53.9 Å². The van der Waals surface area contributed by atoms with Gasteiger partial charge in [0.15, 0.2) is 0 Å². The van der Waals surface area contributed by atoms with Crippen LogP contribution in [0.3, 0.4) is 0 Å². The second kappa shape index (κ2) is 6.18. The van der Waals surface area contributed by atoms with Crippen molar-refractivity contribution in [3.63, 3.8) is 0 Å². The van der Waals surface area contributed by atoms with E-state index in [9.17, 15) is 75.0 Å². The van der Waals surface area contributed by atoms with Gasteiger partial charge in [0.1, 0.15) is 0 Å². The lowest BCUT2D eigenvalue weighted by Crippen LogP contribution is -2.72. The molecule has 0 rings (SSSR count). The highest BCUT2D eigenvalue weighted by Crippen LogP contribution is 2.62. The van der Waals surface area contributed by atoms with Crippen molar-refractivity contribution in [2.24, 2.45) is 5.92 Å². The summed E-state index contributed by atoms with van der Waals surface area (Å²) in [5.74, 6) is -51.1. The lowest BCUT2D eigenvalue weighted by Gasteiger charge is -2.41. The van der Waals surface area contributed by atoms with E-state index in [0.29, 0.717) is 0 Å². The average Bonchev–Trinajstić information content (AvgIpc) is 2.33. The molecule has 0 spiro atoms. The zero-order chi connectivity index (χ0) is 22.7. The number of halogens is 16. The monoisotopic (exact) mass is 446 g/mol. The van der Waals surface area contributed by atoms with Crippen LogP contribution in [0, 0.1) is 5.92 Å². The Morgan fingerprint density at radius 2 is 0.852 bits per heavy atom. The maximum absolute atomic E-state index is 13.1. The molecule has 2 nitrogen and oxygen atoms in total. The first kappa shape index (κ1) is 25.3. The molecule has 0 bridgehead atoms. The fourth-order valence-electron chi connectivity index (χ4n) is 1.46. The van der Waals surface area contributed by atoms with Gasteiger partial charge >= 0.3 is 47.9 Å². The molecule has 1 unspecified atom stereocenters. The zero-order valence-corrected chi connectivity index (χ0v) is 11.5. The van der Waals surface area contributed by atoms with E-state index in [1.807, 2.05) is 0 Å². The van der Waals surface area contributed by atoms with Gasteiger partial charge in [0.25, 0.3) is 0 Å². The Balaban J connectivity index is 6.67. The van der Waals surface area contributed by atoms with Crippen LogP contribution in [0.5, 0.6) is 0 Å². The van der Waals surface area contributed by atoms with Gasteiger partial charge < -0.3 is 5.11 Å². The highest BCUT2D eigenvalue weighted by atomic mass is 19.4. The van der Waals surface area contributed by atoms with Crippen LogP contribution in [0.2, 0.25) is 0 Å². The molecule has 0 saturated carbocycles. The van der Waals surface area contributed by atoms with Gasteiger partial charge in [0, 0.05) is 0 Å². The van der Waals surface area contributed by atoms with Crippen LogP contribution in [0.1, 0.15) is 0 Å². The summed E-state index contributed by atoms with van der Waals surface area (Å²) >= 11 is 0. The highest BCUT2D eigenvalue weighted by Gasteiger charge is 2.92. The Bertz CT molecular complexity index is 569. The summed E-state index contributed by atoms with van der Waals surface area (Å²) in [6, 6.07) is 0. The van der Waals surface area contributed by atoms with Crippen molar-refractivity contribution in [1.82, 2.24) is 0 Å². The van der Waals surface area contributed by atoms with Crippen LogP contribution in [-0.2, 0) is 4.79 Å². The number of carboxylic acid groups (broad SMARTS) is 1. The minimum atomic E-state index is -8.50. The van der Waals surface area contributed by atoms with Crippen LogP contribution in [-0.4, -0.2) is 53.0 Å². The van der Waals surface area contributed by atoms with Gasteiger partial charge in [-0.3, -0.25) is 4.79 Å². The first-order valence-corrected chi connectivity index (χ1v) is 5.57. The predicted molar refractivity (Wildman–Crippen MR) is 48.0 cm³/mol. The van der Waals surface area contributed by atoms with Gasteiger partial charge in [0.05, 0.1) is 0 Å². The number of hydrogen-bond donors (Lipinski definition) is 1. The normalized spacial score (nSPS) is 17.0. The molecular weight excluding hydrogens is 444 g/mol. The second-order valence-electron chi connectivity index (χ2n) is 4.73. The molecule has 0 radical (unpaired) electrons. The van der Waals surface area contributed by atoms with Crippen molar-refractivity contribution in [3.05, 3.63) is 0 Å². The number of alkyl halides is 16. The molecule has 1 N–H and O–H groups in total. The van der Waals surface area contributed by atoms with Crippen LogP contribution in [0.25, 0.3) is 0 Å². The first-order chi connectivity index (χ1) is 11.3. The van der Waals surface area contributed by atoms with E-state index in [1.54, 1.807) is 0 Å². The van der Waals surface area contributed by atoms with Crippen LogP contribution in [0.4, 0.5) is 70.2 Å². The highest BCUT2D eigenvalue weighted by molar-refractivity contribution is 5.72. The summed E-state index contributed by atoms with van der Waals surface area (Å²) in [5, 5.41) is 7.87. The molecule has 0 heterocycles. The fraction of sp³-hybridized carbons (Fsp3) is 0.889. The van der Waals surface area contributed by atoms with Crippen molar-refractivity contribution in [1.29, 1.82) is 0 Å². The van der Waals surface area contributed by atoms with Crippen molar-refractivity contribution in [3.8, 4) is 0 Å². The molecule has 0 saturated heterocycles. The lowest BCUT2D eigenvalue weighted by molar-refractivity contribution is -0.446. The SMILES string of the molecule is O=C(O)C(C(F)(F)F)C(F)(F)C(F)(F)C(F)(F)C(F)(F)C(F)(F)C(F)(F)F. The summed E-state index contributed by atoms with van der Waals surface area (Å²) in [4.78, 5) is 10.1. The van der Waals surface area contributed by atoms with Gasteiger partial charge in [0.2, 0.25) is 5.92 Å². The molecule has 0 aromatic carbocycles. The molecule has 0 aromatic rings. The van der Waals surface area contributed by atoms with Gasteiger partial charge in [-0.25, -0.2) is 0 Å². The molecule has 18 heteroatoms. The summed E-state index contributed by atoms with van der Waals surface area (Å²) in [6.07, 6.45) is -14.8. The Kier molecular flexibility index (Phi) is 5.80. The van der Waals surface area contributed by atoms with Crippen molar-refractivity contribution >= 4 is 5.97 Å². The lowest BCUT2D eigenvalue weighted by atomic mass is 9.87. The largest absolute Gasteiger partial charge is 0.481 e. The van der Waals surface area contributed by atoms with E-state index in [-0.39, 0.29) is 0 Å². The molecule has 1 atom stereocenters. The molecule has 0 aromatic heterocycles. The summed E-state index contributed by atoms with van der Waals surface area (Å²) in [7, 11) is 0. The van der Waals surface area contributed by atoms with Gasteiger partial charge in [-0.2, -0.15) is 70.2 Å². The minimum absolute atomic E-state index is 4.03. The summed E-state index contributed by atoms with van der Waals surface area (Å²) < 4.78 is 201. The zero-order valence-electron chi connectivity index (χ0n) is 11.5. The quantitative estimate of drug-likeness (QED) is 0.585. The third-order valence-corrected chi connectivity index (χ3v) is 2.89. The first-order valence-electron chi connectivity index (χ1n) is 5.57. The Labute approximate surface area is 135 Å². The molecule has 0 aliphatic carbocycles. The topological polar surface area (TPSA) is 37.3 Å². The molecule has 0 aliphatic rings. The summed E-state index contributed by atoms with van der Waals surface area (Å²) in [6.45, 7) is 0. The Hall–Kier alpha value is -1.65. The maximum atomic E-state index is 13.1. The molecule has 27 heavy (non-hydrogen) atoms. The predicted octanol–water partition coefficient (Wildman–Crippen LogP) is 4.99. The molecule has 0 amide bonds. The maximum Gasteiger partial charge on any atom is 0.460 e. The van der Waals surface area contributed by atoms with E-state index in [1.165, 1.54) is 0 Å². The van der Waals surface area contributed by atoms with Crippen molar-refractivity contribution in [2.75, 3.05) is 0 Å². The molecule has 0 fully saturated rings. The number of carbonyl (C=O) groups is 1. The third-order valence-electron chi connectivity index (χ3n) is 2.89. The number of rotatable bonds is 6. The smallest absolute Gasteiger partial charge is 0.460 e. The Morgan fingerprint density at radius 3 is 1.07 bits per heavy atom. The van der Waals surface area contributed by atoms with E-state index in [4.69, 9.17) is 5.11 Å². The number of carboxylic acids is 1. The third kappa shape index (κ3) is 3.45. The van der Waals surface area contributed by atoms with Crippen molar-refractivity contribution < 1.29 is 80.1 Å². The molecular formula is C9H2F16O2. The standard InChI is InChI=1S/C9H2F16O2/c10-3(11,1(2(26)27)4(12,13)14)5(15,16)6(17,18)7(19,20)8(21,22)9(23,24)25/h1H,(H,26,27). The van der Waals surface area contributed by atoms with Gasteiger partial charge in [-0.05, 0) is 0 Å². The second-order valence-corrected chi connectivity index (χ2v) is 4.73. The molecule has 0 aliphatic heterocycles. The minimum Gasteiger partial charge on any atom is -0.481 e. The van der Waals surface area contributed by atoms with Gasteiger partial charge in [-0.1, -0.05) is 0 Å². The van der Waals surface area contributed by atoms with E-state index >= 15 is 0 Å². The molecule has 162 valence electrons. The van der Waals surface area contributed by atoms with Crippen LogP contribution >= 0.6 is 0 Å².